The molecule has 1 aromatic heterocycles. The molecule has 14 nitrogen and oxygen atoms in total. The largest absolute Gasteiger partial charge is 0.504 e. The lowest BCUT2D eigenvalue weighted by Gasteiger charge is -2.58. The fraction of sp³-hybridized carbons (Fsp3) is 0.465. The van der Waals surface area contributed by atoms with Gasteiger partial charge in [0.1, 0.15) is 29.2 Å². The van der Waals surface area contributed by atoms with Crippen molar-refractivity contribution < 1.29 is 42.8 Å². The van der Waals surface area contributed by atoms with Gasteiger partial charge in [-0.2, -0.15) is 5.26 Å². The van der Waals surface area contributed by atoms with E-state index in [4.69, 9.17) is 33.8 Å². The third-order valence-corrected chi connectivity index (χ3v) is 15.5. The normalized spacial score (nSPS) is 32.6. The number of phenolic OH excluding ortho intramolecular Hbond substituents is 1. The third-order valence-electron chi connectivity index (χ3n) is 14.0. The zero-order chi connectivity index (χ0) is 40.2. The number of methoxy groups -OCH3 is 1. The number of benzene rings is 3. The maximum absolute atomic E-state index is 15.1. The number of nitriles is 1. The van der Waals surface area contributed by atoms with Crippen molar-refractivity contribution in [3.63, 3.8) is 0 Å². The van der Waals surface area contributed by atoms with Gasteiger partial charge in [0, 0.05) is 83.0 Å². The molecule has 0 saturated carbocycles. The van der Waals surface area contributed by atoms with Crippen LogP contribution in [0, 0.1) is 25.2 Å². The summed E-state index contributed by atoms with van der Waals surface area (Å²) in [7, 11) is 1.56. The fourth-order valence-corrected chi connectivity index (χ4v) is 13.5. The minimum absolute atomic E-state index is 0.0551. The van der Waals surface area contributed by atoms with Gasteiger partial charge in [0.15, 0.2) is 28.5 Å². The Morgan fingerprint density at radius 1 is 1.16 bits per heavy atom. The molecule has 4 aromatic rings. The number of hydrogen-bond acceptors (Lipinski definition) is 15. The lowest BCUT2D eigenvalue weighted by atomic mass is 9.72. The van der Waals surface area contributed by atoms with Gasteiger partial charge in [0.25, 0.3) is 0 Å². The van der Waals surface area contributed by atoms with E-state index in [2.05, 4.69) is 34.2 Å². The molecule has 8 aliphatic heterocycles. The van der Waals surface area contributed by atoms with Crippen LogP contribution in [0.4, 0.5) is 0 Å². The predicted molar refractivity (Wildman–Crippen MR) is 210 cm³/mol. The summed E-state index contributed by atoms with van der Waals surface area (Å²) in [6.45, 7) is 7.71. The molecule has 0 aliphatic carbocycles. The number of phenols is 1. The van der Waals surface area contributed by atoms with Gasteiger partial charge >= 0.3 is 11.9 Å². The van der Waals surface area contributed by atoms with Crippen LogP contribution >= 0.6 is 11.8 Å². The summed E-state index contributed by atoms with van der Waals surface area (Å²) < 4.78 is 37.6. The predicted octanol–water partition coefficient (Wildman–Crippen LogP) is 4.79. The van der Waals surface area contributed by atoms with Crippen LogP contribution in [0.3, 0.4) is 0 Å². The van der Waals surface area contributed by atoms with Crippen LogP contribution in [0.5, 0.6) is 28.7 Å². The van der Waals surface area contributed by atoms with E-state index in [-0.39, 0.29) is 37.5 Å². The van der Waals surface area contributed by atoms with Crippen LogP contribution in [0.25, 0.3) is 11.0 Å². The van der Waals surface area contributed by atoms with Gasteiger partial charge in [-0.25, -0.2) is 4.79 Å². The Hall–Kier alpha value is -4.98. The van der Waals surface area contributed by atoms with Crippen LogP contribution in [-0.4, -0.2) is 83.8 Å². The number of rotatable bonds is 3. The van der Waals surface area contributed by atoms with Crippen LogP contribution in [-0.2, 0) is 31.8 Å². The highest BCUT2D eigenvalue weighted by atomic mass is 32.2. The van der Waals surface area contributed by atoms with Gasteiger partial charge in [-0.1, -0.05) is 18.2 Å². The molecule has 3 fully saturated rings. The van der Waals surface area contributed by atoms with Crippen molar-refractivity contribution >= 4 is 34.7 Å². The number of thioether (sulfide) groups is 1. The van der Waals surface area contributed by atoms with E-state index < -0.39 is 51.9 Å². The van der Waals surface area contributed by atoms with Gasteiger partial charge in [0.05, 0.1) is 30.5 Å². The highest BCUT2D eigenvalue weighted by Gasteiger charge is 2.72. The highest BCUT2D eigenvalue weighted by Crippen LogP contribution is 2.71. The molecule has 9 heterocycles. The van der Waals surface area contributed by atoms with Crippen molar-refractivity contribution in [1.82, 2.24) is 15.1 Å². The molecular formula is C43H43N5O9S. The standard InChI is InChI=1S/C43H43N5O9S/c1-19-10-25-28(33(50)34(19)52-5)31-32-38-30-29(37-36(54-18-55-37)20(2)35(30)56-21(3)49)26(48(32)42(15-45)14-41(25,4)47(31)16-42)13-53-40(51)43(17-58-38)39-24(11-22(12-44)46-43)23-8-6-7-9-27(23)57-39/h6-10,22,26,31-32,38,46,50H,11-14,16-18,44H2,1-5H3/t22-,26+,31-,32-,38-,41?,42-,43-/m1/s1. The molecule has 15 heteroatoms. The number of para-hydroxylation sites is 1. The maximum Gasteiger partial charge on any atom is 0.335 e. The minimum atomic E-state index is -1.46. The van der Waals surface area contributed by atoms with Crippen LogP contribution < -0.4 is 30.0 Å². The van der Waals surface area contributed by atoms with E-state index in [1.165, 1.54) is 18.7 Å². The number of nitrogens with one attached hydrogen (secondary N) is 1. The first-order chi connectivity index (χ1) is 27.9. The Kier molecular flexibility index (Phi) is 7.50. The van der Waals surface area contributed by atoms with Gasteiger partial charge in [0.2, 0.25) is 6.79 Å². The summed E-state index contributed by atoms with van der Waals surface area (Å²) >= 11 is 1.51. The van der Waals surface area contributed by atoms with Crippen LogP contribution in [0.1, 0.15) is 82.3 Å². The van der Waals surface area contributed by atoms with E-state index in [1.54, 1.807) is 7.11 Å². The first-order valence-corrected chi connectivity index (χ1v) is 20.8. The molecule has 3 saturated heterocycles. The van der Waals surface area contributed by atoms with E-state index in [9.17, 15) is 15.2 Å². The summed E-state index contributed by atoms with van der Waals surface area (Å²) in [4.78, 5) is 32.8. The van der Waals surface area contributed by atoms with Crippen molar-refractivity contribution in [2.75, 3.05) is 39.4 Å². The van der Waals surface area contributed by atoms with Crippen molar-refractivity contribution in [3.8, 4) is 34.8 Å². The Labute approximate surface area is 338 Å². The number of esters is 2. The summed E-state index contributed by atoms with van der Waals surface area (Å²) in [6.07, 6.45) is 0.984. The zero-order valence-electron chi connectivity index (χ0n) is 32.8. The highest BCUT2D eigenvalue weighted by molar-refractivity contribution is 7.99. The number of furan rings is 1. The molecular weight excluding hydrogens is 763 g/mol. The number of aryl methyl sites for hydroxylation is 1. The second-order valence-electron chi connectivity index (χ2n) is 17.0. The minimum Gasteiger partial charge on any atom is -0.504 e. The summed E-state index contributed by atoms with van der Waals surface area (Å²) in [5.41, 5.74) is 9.29. The number of nitrogens with zero attached hydrogens (tertiary/aromatic N) is 3. The fourth-order valence-electron chi connectivity index (χ4n) is 11.9. The van der Waals surface area contributed by atoms with E-state index in [0.29, 0.717) is 70.4 Å². The van der Waals surface area contributed by atoms with Gasteiger partial charge in [-0.05, 0) is 50.5 Å². The molecule has 4 bridgehead atoms. The van der Waals surface area contributed by atoms with Crippen molar-refractivity contribution in [1.29, 1.82) is 5.26 Å². The number of fused-ring (bicyclic) bond motifs is 11. The molecule has 3 aromatic carbocycles. The third kappa shape index (κ3) is 4.31. The first kappa shape index (κ1) is 36.1. The zero-order valence-corrected chi connectivity index (χ0v) is 33.6. The average molecular weight is 806 g/mol. The maximum atomic E-state index is 15.1. The molecule has 1 spiro atoms. The number of carbonyl (C=O) groups excluding carboxylic acids is 2. The monoisotopic (exact) mass is 805 g/mol. The van der Waals surface area contributed by atoms with E-state index in [0.717, 1.165) is 27.6 Å². The first-order valence-electron chi connectivity index (χ1n) is 19.7. The molecule has 300 valence electrons. The van der Waals surface area contributed by atoms with Crippen molar-refractivity contribution in [3.05, 3.63) is 75.0 Å². The lowest BCUT2D eigenvalue weighted by molar-refractivity contribution is -0.158. The number of ether oxygens (including phenoxy) is 5. The molecule has 8 aliphatic rings. The number of nitrogens with two attached hydrogens (primary N) is 1. The summed E-state index contributed by atoms with van der Waals surface area (Å²) in [6, 6.07) is 10.6. The van der Waals surface area contributed by atoms with Crippen molar-refractivity contribution in [2.45, 2.75) is 86.6 Å². The molecule has 12 rings (SSSR count). The Bertz CT molecular complexity index is 2570. The number of hydrogen-bond donors (Lipinski definition) is 3. The molecule has 0 amide bonds. The lowest BCUT2D eigenvalue weighted by Crippen LogP contribution is -2.67. The Balaban J connectivity index is 1.20. The summed E-state index contributed by atoms with van der Waals surface area (Å²) in [5, 5.41) is 27.7. The van der Waals surface area contributed by atoms with Gasteiger partial charge in [-0.3, -0.25) is 19.9 Å². The number of aromatic hydroxyl groups is 1. The van der Waals surface area contributed by atoms with E-state index >= 15 is 4.79 Å². The van der Waals surface area contributed by atoms with Gasteiger partial charge < -0.3 is 38.9 Å². The average Bonchev–Trinajstić information content (AvgIpc) is 3.96. The Morgan fingerprint density at radius 2 is 1.95 bits per heavy atom. The second-order valence-corrected chi connectivity index (χ2v) is 18.1. The van der Waals surface area contributed by atoms with Crippen LogP contribution in [0.2, 0.25) is 0 Å². The SMILES string of the molecule is COc1c(C)cc2c(c1O)[C@@H]1[C@@H]3[C@@H]4SC[C@]5(N[C@@H](CN)Cc6c5oc5ccccc65)C(=O)OC[C@@H](c5c6c(c(C)c(OC(C)=O)c54)OCO6)N3[C@]3(C#N)CN1C2(C)C3. The number of piperazine rings is 1. The quantitative estimate of drug-likeness (QED) is 0.190. The molecule has 4 N–H and O–H groups in total. The van der Waals surface area contributed by atoms with E-state index in [1.807, 2.05) is 38.1 Å². The molecule has 58 heavy (non-hydrogen) atoms. The smallest absolute Gasteiger partial charge is 0.335 e. The van der Waals surface area contributed by atoms with Crippen LogP contribution in [0.15, 0.2) is 34.7 Å². The molecule has 8 atom stereocenters. The van der Waals surface area contributed by atoms with Gasteiger partial charge in [-0.15, -0.1) is 11.8 Å². The number of carbonyl (C=O) groups is 2. The second kappa shape index (κ2) is 12.0. The van der Waals surface area contributed by atoms with Crippen molar-refractivity contribution in [2.24, 2.45) is 5.73 Å². The topological polar surface area (TPSA) is 182 Å². The molecule has 1 unspecified atom stereocenters. The summed E-state index contributed by atoms with van der Waals surface area (Å²) in [5.74, 6) is 1.33. The Morgan fingerprint density at radius 3 is 2.71 bits per heavy atom. The molecule has 0 radical (unpaired) electrons.